The minimum absolute atomic E-state index is 0.222. The van der Waals surface area contributed by atoms with Gasteiger partial charge in [-0.3, -0.25) is 19.3 Å². The standard InChI is InChI=1S/C19H17F3N6O2/c1-27-15(19(20,21)22)8-14(26-27)18(30)28-7-4-12(10-28)17-24-13(9-16(29)25-17)11-2-5-23-6-3-11/h2-3,5-6,8-9,12H,4,7,10H2,1H3,(H,24,25,29)/t12-/m0/s1. The largest absolute Gasteiger partial charge is 0.433 e. The van der Waals surface area contributed by atoms with Gasteiger partial charge >= 0.3 is 6.18 Å². The Balaban J connectivity index is 1.55. The molecule has 4 rings (SSSR count). The van der Waals surface area contributed by atoms with Gasteiger partial charge in [0, 0.05) is 56.1 Å². The van der Waals surface area contributed by atoms with Crippen molar-refractivity contribution in [3.05, 3.63) is 64.2 Å². The van der Waals surface area contributed by atoms with Gasteiger partial charge in [-0.05, 0) is 18.6 Å². The number of nitrogens with zero attached hydrogens (tertiary/aromatic N) is 5. The van der Waals surface area contributed by atoms with Gasteiger partial charge in [-0.25, -0.2) is 4.98 Å². The molecule has 1 amide bonds. The Morgan fingerprint density at radius 3 is 2.63 bits per heavy atom. The summed E-state index contributed by atoms with van der Waals surface area (Å²) in [5.41, 5.74) is -0.358. The van der Waals surface area contributed by atoms with Crippen LogP contribution in [0.25, 0.3) is 11.3 Å². The van der Waals surface area contributed by atoms with Gasteiger partial charge < -0.3 is 9.88 Å². The third-order valence-corrected chi connectivity index (χ3v) is 4.99. The van der Waals surface area contributed by atoms with Crippen molar-refractivity contribution in [1.82, 2.24) is 29.6 Å². The van der Waals surface area contributed by atoms with Crippen molar-refractivity contribution in [2.45, 2.75) is 18.5 Å². The molecule has 1 fully saturated rings. The van der Waals surface area contributed by atoms with Crippen molar-refractivity contribution >= 4 is 5.91 Å². The first kappa shape index (κ1) is 19.8. The molecule has 1 N–H and O–H groups in total. The van der Waals surface area contributed by atoms with Gasteiger partial charge in [-0.1, -0.05) is 0 Å². The van der Waals surface area contributed by atoms with Gasteiger partial charge in [0.2, 0.25) is 0 Å². The lowest BCUT2D eigenvalue weighted by Crippen LogP contribution is -2.29. The van der Waals surface area contributed by atoms with Crippen LogP contribution in [-0.4, -0.2) is 48.6 Å². The molecule has 0 radical (unpaired) electrons. The molecule has 3 aromatic heterocycles. The number of rotatable bonds is 3. The fourth-order valence-corrected chi connectivity index (χ4v) is 3.51. The molecule has 0 bridgehead atoms. The molecule has 0 aliphatic carbocycles. The van der Waals surface area contributed by atoms with E-state index in [1.165, 1.54) is 11.0 Å². The number of aromatic amines is 1. The third-order valence-electron chi connectivity index (χ3n) is 4.99. The zero-order valence-corrected chi connectivity index (χ0v) is 15.8. The minimum Gasteiger partial charge on any atom is -0.336 e. The maximum absolute atomic E-state index is 13.0. The van der Waals surface area contributed by atoms with E-state index in [1.54, 1.807) is 24.5 Å². The van der Waals surface area contributed by atoms with Crippen molar-refractivity contribution in [1.29, 1.82) is 0 Å². The molecule has 0 spiro atoms. The van der Waals surface area contributed by atoms with Crippen LogP contribution in [-0.2, 0) is 13.2 Å². The van der Waals surface area contributed by atoms with Crippen molar-refractivity contribution in [3.63, 3.8) is 0 Å². The highest BCUT2D eigenvalue weighted by atomic mass is 19.4. The van der Waals surface area contributed by atoms with Crippen LogP contribution in [0, 0.1) is 0 Å². The highest BCUT2D eigenvalue weighted by Gasteiger charge is 2.37. The minimum atomic E-state index is -4.59. The number of H-pyrrole nitrogens is 1. The molecule has 1 aliphatic rings. The van der Waals surface area contributed by atoms with E-state index >= 15 is 0 Å². The van der Waals surface area contributed by atoms with E-state index in [4.69, 9.17) is 0 Å². The molecule has 0 unspecified atom stereocenters. The Labute approximate surface area is 168 Å². The molecule has 1 aliphatic heterocycles. The number of hydrogen-bond acceptors (Lipinski definition) is 5. The van der Waals surface area contributed by atoms with Crippen LogP contribution in [0.15, 0.2) is 41.5 Å². The number of nitrogens with one attached hydrogen (secondary N) is 1. The van der Waals surface area contributed by atoms with Crippen LogP contribution in [0.3, 0.4) is 0 Å². The first-order valence-corrected chi connectivity index (χ1v) is 9.14. The predicted molar refractivity (Wildman–Crippen MR) is 99.6 cm³/mol. The van der Waals surface area contributed by atoms with Crippen LogP contribution >= 0.6 is 0 Å². The Morgan fingerprint density at radius 1 is 1.23 bits per heavy atom. The number of hydrogen-bond donors (Lipinski definition) is 1. The van der Waals surface area contributed by atoms with Crippen molar-refractivity contribution in [2.75, 3.05) is 13.1 Å². The summed E-state index contributed by atoms with van der Waals surface area (Å²) in [6, 6.07) is 5.59. The number of aryl methyl sites for hydroxylation is 1. The topological polar surface area (TPSA) is 96.8 Å². The molecule has 1 saturated heterocycles. The summed E-state index contributed by atoms with van der Waals surface area (Å²) < 4.78 is 39.6. The summed E-state index contributed by atoms with van der Waals surface area (Å²) >= 11 is 0. The quantitative estimate of drug-likeness (QED) is 0.704. The van der Waals surface area contributed by atoms with E-state index in [0.717, 1.165) is 18.7 Å². The molecule has 0 saturated carbocycles. The molecule has 30 heavy (non-hydrogen) atoms. The highest BCUT2D eigenvalue weighted by molar-refractivity contribution is 5.92. The molecule has 1 atom stereocenters. The summed E-state index contributed by atoms with van der Waals surface area (Å²) in [5, 5.41) is 3.71. The molecule has 0 aromatic carbocycles. The average molecular weight is 418 g/mol. The zero-order valence-electron chi connectivity index (χ0n) is 15.8. The van der Waals surface area contributed by atoms with Crippen molar-refractivity contribution in [3.8, 4) is 11.3 Å². The molecule has 156 valence electrons. The van der Waals surface area contributed by atoms with Crippen molar-refractivity contribution in [2.24, 2.45) is 7.05 Å². The third kappa shape index (κ3) is 3.82. The molecule has 3 aromatic rings. The molecular weight excluding hydrogens is 401 g/mol. The molecule has 4 heterocycles. The smallest absolute Gasteiger partial charge is 0.336 e. The first-order valence-electron chi connectivity index (χ1n) is 9.14. The van der Waals surface area contributed by atoms with Gasteiger partial charge in [0.15, 0.2) is 5.69 Å². The average Bonchev–Trinajstić information content (AvgIpc) is 3.34. The number of aromatic nitrogens is 5. The Kier molecular flexibility index (Phi) is 4.88. The Morgan fingerprint density at radius 2 is 1.97 bits per heavy atom. The highest BCUT2D eigenvalue weighted by Crippen LogP contribution is 2.31. The van der Waals surface area contributed by atoms with E-state index in [0.29, 0.717) is 29.2 Å². The van der Waals surface area contributed by atoms with Crippen molar-refractivity contribution < 1.29 is 18.0 Å². The molecular formula is C19H17F3N6O2. The molecule has 11 heteroatoms. The maximum atomic E-state index is 13.0. The van der Waals surface area contributed by atoms with Crippen LogP contribution in [0.4, 0.5) is 13.2 Å². The SMILES string of the molecule is Cn1nc(C(=O)N2CC[C@H](c3nc(-c4ccncc4)cc(=O)[nH]3)C2)cc1C(F)(F)F. The molecule has 8 nitrogen and oxygen atoms in total. The first-order chi connectivity index (χ1) is 14.2. The van der Waals surface area contributed by atoms with Crippen LogP contribution < -0.4 is 5.56 Å². The van der Waals surface area contributed by atoms with Crippen LogP contribution in [0.1, 0.15) is 34.3 Å². The number of likely N-dealkylation sites (tertiary alicyclic amines) is 1. The van der Waals surface area contributed by atoms with Gasteiger partial charge in [-0.2, -0.15) is 18.3 Å². The Hall–Kier alpha value is -3.50. The monoisotopic (exact) mass is 418 g/mol. The number of carbonyl (C=O) groups is 1. The van der Waals surface area contributed by atoms with E-state index in [2.05, 4.69) is 20.1 Å². The fraction of sp³-hybridized carbons (Fsp3) is 0.316. The number of pyridine rings is 1. The van der Waals surface area contributed by atoms with E-state index in [-0.39, 0.29) is 23.7 Å². The van der Waals surface area contributed by atoms with Gasteiger partial charge in [0.1, 0.15) is 11.5 Å². The Bertz CT molecular complexity index is 1140. The summed E-state index contributed by atoms with van der Waals surface area (Å²) in [7, 11) is 1.14. The predicted octanol–water partition coefficient (Wildman–Crippen LogP) is 2.21. The van der Waals surface area contributed by atoms with E-state index in [1.807, 2.05) is 0 Å². The van der Waals surface area contributed by atoms with Gasteiger partial charge in [-0.15, -0.1) is 0 Å². The lowest BCUT2D eigenvalue weighted by atomic mass is 10.1. The second-order valence-electron chi connectivity index (χ2n) is 7.02. The van der Waals surface area contributed by atoms with E-state index in [9.17, 15) is 22.8 Å². The second-order valence-corrected chi connectivity index (χ2v) is 7.02. The number of carbonyl (C=O) groups excluding carboxylic acids is 1. The summed E-state index contributed by atoms with van der Waals surface area (Å²) in [4.78, 5) is 37.3. The number of halogens is 3. The van der Waals surface area contributed by atoms with Gasteiger partial charge in [0.25, 0.3) is 11.5 Å². The normalized spacial score (nSPS) is 16.8. The van der Waals surface area contributed by atoms with E-state index < -0.39 is 17.8 Å². The van der Waals surface area contributed by atoms with Crippen LogP contribution in [0.5, 0.6) is 0 Å². The summed E-state index contributed by atoms with van der Waals surface area (Å²) in [6.07, 6.45) is -0.885. The lowest BCUT2D eigenvalue weighted by molar-refractivity contribution is -0.143. The number of alkyl halides is 3. The summed E-state index contributed by atoms with van der Waals surface area (Å²) in [5.74, 6) is -0.396. The summed E-state index contributed by atoms with van der Waals surface area (Å²) in [6.45, 7) is 0.546. The van der Waals surface area contributed by atoms with Gasteiger partial charge in [0.05, 0.1) is 5.69 Å². The van der Waals surface area contributed by atoms with Crippen LogP contribution in [0.2, 0.25) is 0 Å². The number of amides is 1. The zero-order chi connectivity index (χ0) is 21.5. The fourth-order valence-electron chi connectivity index (χ4n) is 3.51. The second kappa shape index (κ2) is 7.39. The maximum Gasteiger partial charge on any atom is 0.433 e. The lowest BCUT2D eigenvalue weighted by Gasteiger charge is -2.15.